The first kappa shape index (κ1) is 19.5. The zero-order chi connectivity index (χ0) is 20.0. The summed E-state index contributed by atoms with van der Waals surface area (Å²) in [5, 5.41) is 0. The third kappa shape index (κ3) is 3.58. The van der Waals surface area contributed by atoms with Gasteiger partial charge >= 0.3 is 0 Å². The molecule has 1 nitrogen and oxygen atoms in total. The second-order valence-corrected chi connectivity index (χ2v) is 10.4. The minimum atomic E-state index is 0.173. The number of rotatable bonds is 4. The van der Waals surface area contributed by atoms with E-state index in [4.69, 9.17) is 4.74 Å². The SMILES string of the molecule is CC1=CC(C)CC(C)=C1c1cc2sc(-c3c(C)cccc3OC(C)C)cc2s1. The summed E-state index contributed by atoms with van der Waals surface area (Å²) in [6.45, 7) is 13.2. The van der Waals surface area contributed by atoms with Gasteiger partial charge in [0.05, 0.1) is 6.10 Å². The van der Waals surface area contributed by atoms with Gasteiger partial charge in [0.25, 0.3) is 0 Å². The molecule has 1 aliphatic rings. The van der Waals surface area contributed by atoms with Crippen molar-refractivity contribution in [1.82, 2.24) is 0 Å². The van der Waals surface area contributed by atoms with Crippen LogP contribution in [0.4, 0.5) is 0 Å². The summed E-state index contributed by atoms with van der Waals surface area (Å²) in [5.74, 6) is 1.64. The lowest BCUT2D eigenvalue weighted by molar-refractivity contribution is 0.243. The molecule has 1 aliphatic carbocycles. The third-order valence-corrected chi connectivity index (χ3v) is 7.61. The van der Waals surface area contributed by atoms with E-state index < -0.39 is 0 Å². The van der Waals surface area contributed by atoms with Crippen LogP contribution < -0.4 is 4.74 Å². The highest BCUT2D eigenvalue weighted by atomic mass is 32.1. The zero-order valence-electron chi connectivity index (χ0n) is 17.6. The Morgan fingerprint density at radius 1 is 1.00 bits per heavy atom. The number of thiophene rings is 2. The fraction of sp³-hybridized carbons (Fsp3) is 0.360. The summed E-state index contributed by atoms with van der Waals surface area (Å²) in [6, 6.07) is 11.1. The Balaban J connectivity index is 1.76. The first-order valence-electron chi connectivity index (χ1n) is 10.0. The van der Waals surface area contributed by atoms with Gasteiger partial charge < -0.3 is 4.74 Å². The molecule has 2 heterocycles. The van der Waals surface area contributed by atoms with Crippen molar-refractivity contribution in [3.8, 4) is 16.2 Å². The molecule has 2 aromatic heterocycles. The van der Waals surface area contributed by atoms with E-state index in [0.29, 0.717) is 5.92 Å². The molecule has 0 saturated carbocycles. The van der Waals surface area contributed by atoms with Crippen molar-refractivity contribution in [3.05, 3.63) is 58.0 Å². The van der Waals surface area contributed by atoms with Gasteiger partial charge in [0.15, 0.2) is 0 Å². The lowest BCUT2D eigenvalue weighted by atomic mass is 9.86. The fourth-order valence-corrected chi connectivity index (χ4v) is 6.99. The number of allylic oxidation sites excluding steroid dienone is 4. The van der Waals surface area contributed by atoms with Crippen molar-refractivity contribution >= 4 is 37.6 Å². The van der Waals surface area contributed by atoms with Gasteiger partial charge in [-0.2, -0.15) is 0 Å². The van der Waals surface area contributed by atoms with Gasteiger partial charge in [-0.3, -0.25) is 0 Å². The minimum absolute atomic E-state index is 0.173. The lowest BCUT2D eigenvalue weighted by Gasteiger charge is -2.20. The highest BCUT2D eigenvalue weighted by molar-refractivity contribution is 7.30. The van der Waals surface area contributed by atoms with Crippen LogP contribution in [-0.2, 0) is 0 Å². The van der Waals surface area contributed by atoms with Crippen molar-refractivity contribution in [2.24, 2.45) is 5.92 Å². The van der Waals surface area contributed by atoms with E-state index >= 15 is 0 Å². The van der Waals surface area contributed by atoms with Crippen LogP contribution in [-0.4, -0.2) is 6.10 Å². The zero-order valence-corrected chi connectivity index (χ0v) is 19.2. The molecule has 0 spiro atoms. The second kappa shape index (κ2) is 7.53. The van der Waals surface area contributed by atoms with Crippen LogP contribution >= 0.6 is 22.7 Å². The van der Waals surface area contributed by atoms with Crippen molar-refractivity contribution in [3.63, 3.8) is 0 Å². The van der Waals surface area contributed by atoms with Gasteiger partial charge in [0, 0.05) is 24.7 Å². The van der Waals surface area contributed by atoms with Crippen LogP contribution in [0.15, 0.2) is 47.6 Å². The number of aryl methyl sites for hydroxylation is 1. The standard InChI is InChI=1S/C25H28OS2/c1-14(2)26-19-9-7-8-16(4)25(19)23-13-21-20(28-23)12-22(27-21)24-17(5)10-15(3)11-18(24)6/h7-10,12-15H,11H2,1-6H3. The van der Waals surface area contributed by atoms with Crippen LogP contribution in [0.3, 0.4) is 0 Å². The average molecular weight is 409 g/mol. The van der Waals surface area contributed by atoms with Crippen molar-refractivity contribution < 1.29 is 4.74 Å². The van der Waals surface area contributed by atoms with Crippen molar-refractivity contribution in [1.29, 1.82) is 0 Å². The van der Waals surface area contributed by atoms with Crippen LogP contribution in [0.25, 0.3) is 25.4 Å². The second-order valence-electron chi connectivity index (χ2n) is 8.25. The van der Waals surface area contributed by atoms with E-state index in [1.165, 1.54) is 53.4 Å². The van der Waals surface area contributed by atoms with Gasteiger partial charge in [0.2, 0.25) is 0 Å². The smallest absolute Gasteiger partial charge is 0.128 e. The monoisotopic (exact) mass is 408 g/mol. The Morgan fingerprint density at radius 3 is 2.36 bits per heavy atom. The average Bonchev–Trinajstić information content (AvgIpc) is 3.12. The summed E-state index contributed by atoms with van der Waals surface area (Å²) in [6.07, 6.45) is 3.76. The first-order valence-corrected chi connectivity index (χ1v) is 11.7. The molecule has 0 amide bonds. The van der Waals surface area contributed by atoms with Crippen LogP contribution in [0.1, 0.15) is 51.5 Å². The molecule has 0 fully saturated rings. The Labute approximate surface area is 176 Å². The number of hydrogen-bond donors (Lipinski definition) is 0. The molecule has 1 unspecified atom stereocenters. The molecule has 146 valence electrons. The summed E-state index contributed by atoms with van der Waals surface area (Å²) in [7, 11) is 0. The Bertz CT molecular complexity index is 1060. The quantitative estimate of drug-likeness (QED) is 0.420. The molecule has 1 atom stereocenters. The largest absolute Gasteiger partial charge is 0.490 e. The molecule has 3 heteroatoms. The third-order valence-electron chi connectivity index (χ3n) is 5.28. The summed E-state index contributed by atoms with van der Waals surface area (Å²) in [5.41, 5.74) is 6.92. The molecule has 0 saturated heterocycles. The number of ether oxygens (including phenoxy) is 1. The van der Waals surface area contributed by atoms with Gasteiger partial charge in [-0.05, 0) is 81.9 Å². The topological polar surface area (TPSA) is 9.23 Å². The molecule has 0 N–H and O–H groups in total. The predicted molar refractivity (Wildman–Crippen MR) is 126 cm³/mol. The van der Waals surface area contributed by atoms with Crippen LogP contribution in [0.5, 0.6) is 5.75 Å². The summed E-state index contributed by atoms with van der Waals surface area (Å²) >= 11 is 3.81. The number of hydrogen-bond acceptors (Lipinski definition) is 3. The number of benzene rings is 1. The molecule has 0 aliphatic heterocycles. The highest BCUT2D eigenvalue weighted by Gasteiger charge is 2.20. The molecular formula is C25H28OS2. The summed E-state index contributed by atoms with van der Waals surface area (Å²) in [4.78, 5) is 2.71. The van der Waals surface area contributed by atoms with E-state index in [1.54, 1.807) is 0 Å². The van der Waals surface area contributed by atoms with Gasteiger partial charge in [-0.15, -0.1) is 22.7 Å². The maximum atomic E-state index is 6.11. The predicted octanol–water partition coefficient (Wildman–Crippen LogP) is 8.49. The van der Waals surface area contributed by atoms with E-state index in [-0.39, 0.29) is 6.10 Å². The van der Waals surface area contributed by atoms with Crippen molar-refractivity contribution in [2.45, 2.75) is 54.1 Å². The minimum Gasteiger partial charge on any atom is -0.490 e. The summed E-state index contributed by atoms with van der Waals surface area (Å²) < 4.78 is 8.86. The lowest BCUT2D eigenvalue weighted by Crippen LogP contribution is -2.06. The molecular weight excluding hydrogens is 380 g/mol. The fourth-order valence-electron chi connectivity index (χ4n) is 4.29. The van der Waals surface area contributed by atoms with Gasteiger partial charge in [0.1, 0.15) is 5.75 Å². The first-order chi connectivity index (χ1) is 13.3. The Kier molecular flexibility index (Phi) is 5.24. The number of fused-ring (bicyclic) bond motifs is 1. The van der Waals surface area contributed by atoms with Crippen LogP contribution in [0, 0.1) is 12.8 Å². The Hall–Kier alpha value is -1.84. The van der Waals surface area contributed by atoms with Crippen LogP contribution in [0.2, 0.25) is 0 Å². The van der Waals surface area contributed by atoms with Gasteiger partial charge in [-0.1, -0.05) is 30.7 Å². The van der Waals surface area contributed by atoms with E-state index in [2.05, 4.69) is 78.0 Å². The molecule has 3 aromatic rings. The van der Waals surface area contributed by atoms with E-state index in [9.17, 15) is 0 Å². The molecule has 1 aromatic carbocycles. The highest BCUT2D eigenvalue weighted by Crippen LogP contribution is 2.46. The van der Waals surface area contributed by atoms with Crippen molar-refractivity contribution in [2.75, 3.05) is 0 Å². The molecule has 0 bridgehead atoms. The Morgan fingerprint density at radius 2 is 1.68 bits per heavy atom. The molecule has 4 rings (SSSR count). The normalized spacial score (nSPS) is 17.5. The van der Waals surface area contributed by atoms with E-state index in [1.807, 2.05) is 22.7 Å². The van der Waals surface area contributed by atoms with Gasteiger partial charge in [-0.25, -0.2) is 0 Å². The van der Waals surface area contributed by atoms with E-state index in [0.717, 1.165) is 5.75 Å². The maximum Gasteiger partial charge on any atom is 0.128 e. The molecule has 0 radical (unpaired) electrons. The molecule has 28 heavy (non-hydrogen) atoms. The maximum absolute atomic E-state index is 6.11.